The van der Waals surface area contributed by atoms with Crippen molar-refractivity contribution < 1.29 is 22.4 Å². The highest BCUT2D eigenvalue weighted by molar-refractivity contribution is 7.91. The van der Waals surface area contributed by atoms with Gasteiger partial charge < -0.3 is 15.1 Å². The van der Waals surface area contributed by atoms with Gasteiger partial charge in [-0.25, -0.2) is 8.42 Å². The number of benzene rings is 2. The van der Waals surface area contributed by atoms with E-state index in [1.165, 1.54) is 24.5 Å². The zero-order chi connectivity index (χ0) is 20.9. The summed E-state index contributed by atoms with van der Waals surface area (Å²) < 4.78 is 31.5. The minimum Gasteiger partial charge on any atom is -0.468 e. The second-order valence-electron chi connectivity index (χ2n) is 6.39. The lowest BCUT2D eigenvalue weighted by molar-refractivity contribution is -0.136. The number of amides is 2. The van der Waals surface area contributed by atoms with Crippen LogP contribution in [-0.2, 0) is 19.4 Å². The molecule has 2 N–H and O–H groups in total. The standard InChI is InChI=1S/C21H20N2O5S/c1-15-9-11-17(12-10-15)29(26,27)19(18-8-5-13-28-18)14-22-20(24)21(25)23-16-6-3-2-4-7-16/h2-13,19H,14H2,1H3,(H,22,24)(H,23,25)/t19-/m0/s1. The summed E-state index contributed by atoms with van der Waals surface area (Å²) in [5.74, 6) is -1.65. The molecule has 150 valence electrons. The van der Waals surface area contributed by atoms with Gasteiger partial charge in [0.05, 0.1) is 11.2 Å². The lowest BCUT2D eigenvalue weighted by Crippen LogP contribution is -2.39. The van der Waals surface area contributed by atoms with Gasteiger partial charge in [0, 0.05) is 12.2 Å². The SMILES string of the molecule is Cc1ccc(S(=O)(=O)[C@@H](CNC(=O)C(=O)Nc2ccccc2)c2ccco2)cc1. The van der Waals surface area contributed by atoms with Crippen molar-refractivity contribution in [1.82, 2.24) is 5.32 Å². The van der Waals surface area contributed by atoms with Crippen LogP contribution in [0.5, 0.6) is 0 Å². The molecular weight excluding hydrogens is 392 g/mol. The number of rotatable bonds is 6. The first-order valence-corrected chi connectivity index (χ1v) is 10.4. The Morgan fingerprint density at radius 3 is 2.24 bits per heavy atom. The molecule has 0 unspecified atom stereocenters. The van der Waals surface area contributed by atoms with E-state index >= 15 is 0 Å². The Kier molecular flexibility index (Phi) is 6.13. The number of anilines is 1. The number of carbonyl (C=O) groups is 2. The average molecular weight is 412 g/mol. The molecule has 29 heavy (non-hydrogen) atoms. The maximum absolute atomic E-state index is 13.1. The van der Waals surface area contributed by atoms with Crippen molar-refractivity contribution in [3.63, 3.8) is 0 Å². The van der Waals surface area contributed by atoms with Crippen LogP contribution in [0.25, 0.3) is 0 Å². The number of hydrogen-bond acceptors (Lipinski definition) is 5. The first-order chi connectivity index (χ1) is 13.9. The van der Waals surface area contributed by atoms with Gasteiger partial charge in [0.2, 0.25) is 0 Å². The van der Waals surface area contributed by atoms with Gasteiger partial charge in [-0.05, 0) is 43.3 Å². The molecule has 1 atom stereocenters. The fourth-order valence-electron chi connectivity index (χ4n) is 2.70. The maximum atomic E-state index is 13.1. The summed E-state index contributed by atoms with van der Waals surface area (Å²) in [5.41, 5.74) is 1.38. The van der Waals surface area contributed by atoms with Crippen molar-refractivity contribution in [2.24, 2.45) is 0 Å². The number of furan rings is 1. The Morgan fingerprint density at radius 1 is 0.931 bits per heavy atom. The van der Waals surface area contributed by atoms with E-state index in [0.29, 0.717) is 5.69 Å². The second kappa shape index (κ2) is 8.74. The number of nitrogens with one attached hydrogen (secondary N) is 2. The number of carbonyl (C=O) groups excluding carboxylic acids is 2. The number of sulfone groups is 1. The summed E-state index contributed by atoms with van der Waals surface area (Å²) in [6, 6.07) is 18.0. The van der Waals surface area contributed by atoms with Crippen LogP contribution >= 0.6 is 0 Å². The van der Waals surface area contributed by atoms with Crippen LogP contribution in [0.3, 0.4) is 0 Å². The maximum Gasteiger partial charge on any atom is 0.313 e. The van der Waals surface area contributed by atoms with Crippen LogP contribution < -0.4 is 10.6 Å². The summed E-state index contributed by atoms with van der Waals surface area (Å²) in [5, 5.41) is 3.67. The van der Waals surface area contributed by atoms with E-state index in [1.807, 2.05) is 6.92 Å². The zero-order valence-electron chi connectivity index (χ0n) is 15.7. The highest BCUT2D eigenvalue weighted by atomic mass is 32.2. The molecule has 1 heterocycles. The molecule has 0 saturated heterocycles. The van der Waals surface area contributed by atoms with Crippen LogP contribution in [0.2, 0.25) is 0 Å². The second-order valence-corrected chi connectivity index (χ2v) is 8.52. The van der Waals surface area contributed by atoms with Gasteiger partial charge >= 0.3 is 11.8 Å². The van der Waals surface area contributed by atoms with Crippen LogP contribution in [0.15, 0.2) is 82.3 Å². The van der Waals surface area contributed by atoms with E-state index < -0.39 is 26.9 Å². The third-order valence-corrected chi connectivity index (χ3v) is 6.35. The molecule has 0 saturated carbocycles. The predicted octanol–water partition coefficient (Wildman–Crippen LogP) is 2.86. The third-order valence-electron chi connectivity index (χ3n) is 4.27. The summed E-state index contributed by atoms with van der Waals surface area (Å²) in [4.78, 5) is 24.4. The van der Waals surface area contributed by atoms with E-state index in [4.69, 9.17) is 4.42 Å². The molecule has 0 aliphatic carbocycles. The van der Waals surface area contributed by atoms with Gasteiger partial charge in [-0.3, -0.25) is 9.59 Å². The first kappa shape index (κ1) is 20.3. The third kappa shape index (κ3) is 4.91. The minimum atomic E-state index is -3.86. The molecular formula is C21H20N2O5S. The molecule has 7 nitrogen and oxygen atoms in total. The van der Waals surface area contributed by atoms with Gasteiger partial charge in [0.1, 0.15) is 11.0 Å². The van der Waals surface area contributed by atoms with Crippen LogP contribution in [0.1, 0.15) is 16.6 Å². The number of para-hydroxylation sites is 1. The highest BCUT2D eigenvalue weighted by Crippen LogP contribution is 2.29. The smallest absolute Gasteiger partial charge is 0.313 e. The van der Waals surface area contributed by atoms with Gasteiger partial charge in [-0.15, -0.1) is 0 Å². The van der Waals surface area contributed by atoms with Crippen molar-refractivity contribution >= 4 is 27.3 Å². The molecule has 3 rings (SSSR count). The Morgan fingerprint density at radius 2 is 1.62 bits per heavy atom. The summed E-state index contributed by atoms with van der Waals surface area (Å²) in [7, 11) is -3.86. The van der Waals surface area contributed by atoms with Crippen molar-refractivity contribution in [3.05, 3.63) is 84.3 Å². The molecule has 2 amide bonds. The van der Waals surface area contributed by atoms with Gasteiger partial charge in [-0.1, -0.05) is 35.9 Å². The Labute approximate surface area is 168 Å². The molecule has 1 aromatic heterocycles. The lowest BCUT2D eigenvalue weighted by atomic mass is 10.2. The predicted molar refractivity (Wildman–Crippen MR) is 108 cm³/mol. The lowest BCUT2D eigenvalue weighted by Gasteiger charge is -2.16. The number of hydrogen-bond donors (Lipinski definition) is 2. The largest absolute Gasteiger partial charge is 0.468 e. The Balaban J connectivity index is 1.76. The molecule has 2 aromatic carbocycles. The van der Waals surface area contributed by atoms with E-state index in [9.17, 15) is 18.0 Å². The van der Waals surface area contributed by atoms with Crippen molar-refractivity contribution in [2.75, 3.05) is 11.9 Å². The normalized spacial score (nSPS) is 12.2. The molecule has 0 spiro atoms. The fourth-order valence-corrected chi connectivity index (χ4v) is 4.29. The van der Waals surface area contributed by atoms with Gasteiger partial charge in [0.25, 0.3) is 0 Å². The zero-order valence-corrected chi connectivity index (χ0v) is 16.5. The topological polar surface area (TPSA) is 105 Å². The van der Waals surface area contributed by atoms with E-state index in [2.05, 4.69) is 10.6 Å². The summed E-state index contributed by atoms with van der Waals surface area (Å²) >= 11 is 0. The van der Waals surface area contributed by atoms with Crippen molar-refractivity contribution in [1.29, 1.82) is 0 Å². The Bertz CT molecular complexity index is 1080. The molecule has 8 heteroatoms. The quantitative estimate of drug-likeness (QED) is 0.606. The summed E-state index contributed by atoms with van der Waals surface area (Å²) in [6.07, 6.45) is 1.36. The fraction of sp³-hybridized carbons (Fsp3) is 0.143. The molecule has 0 aliphatic heterocycles. The van der Waals surface area contributed by atoms with Crippen LogP contribution in [0.4, 0.5) is 5.69 Å². The van der Waals surface area contributed by atoms with E-state index in [1.54, 1.807) is 48.5 Å². The molecule has 0 bridgehead atoms. The molecule has 3 aromatic rings. The van der Waals surface area contributed by atoms with Gasteiger partial charge in [-0.2, -0.15) is 0 Å². The van der Waals surface area contributed by atoms with Crippen molar-refractivity contribution in [3.8, 4) is 0 Å². The van der Waals surface area contributed by atoms with E-state index in [0.717, 1.165) is 5.56 Å². The molecule has 0 fully saturated rings. The van der Waals surface area contributed by atoms with Crippen LogP contribution in [-0.4, -0.2) is 26.8 Å². The first-order valence-electron chi connectivity index (χ1n) is 8.86. The average Bonchev–Trinajstić information content (AvgIpc) is 3.23. The van der Waals surface area contributed by atoms with Crippen molar-refractivity contribution in [2.45, 2.75) is 17.1 Å². The number of aryl methyl sites for hydroxylation is 1. The molecule has 0 radical (unpaired) electrons. The molecule has 0 aliphatic rings. The highest BCUT2D eigenvalue weighted by Gasteiger charge is 2.32. The van der Waals surface area contributed by atoms with Crippen LogP contribution in [0, 0.1) is 6.92 Å². The van der Waals surface area contributed by atoms with Gasteiger partial charge in [0.15, 0.2) is 9.84 Å². The monoisotopic (exact) mass is 412 g/mol. The van der Waals surface area contributed by atoms with E-state index in [-0.39, 0.29) is 17.2 Å². The summed E-state index contributed by atoms with van der Waals surface area (Å²) in [6.45, 7) is 1.54. The minimum absolute atomic E-state index is 0.104. The Hall–Kier alpha value is -3.39.